The van der Waals surface area contributed by atoms with Gasteiger partial charge in [-0.3, -0.25) is 9.59 Å². The number of amides is 1. The highest BCUT2D eigenvalue weighted by atomic mass is 16.5. The molecule has 0 bridgehead atoms. The molecule has 0 atom stereocenters. The largest absolute Gasteiger partial charge is 0.360 e. The molecule has 2 aromatic heterocycles. The number of fused-ring (bicyclic) bond motifs is 2. The van der Waals surface area contributed by atoms with Gasteiger partial charge < -0.3 is 14.4 Å². The quantitative estimate of drug-likeness (QED) is 0.586. The topological polar surface area (TPSA) is 79.2 Å². The van der Waals surface area contributed by atoms with Crippen LogP contribution in [0.5, 0.6) is 0 Å². The number of carbonyl (C=O) groups is 1. The van der Waals surface area contributed by atoms with E-state index in [0.29, 0.717) is 25.1 Å². The number of H-pyrrole nitrogens is 1. The Morgan fingerprint density at radius 1 is 1.07 bits per heavy atom. The molecule has 6 heteroatoms. The molecule has 0 fully saturated rings. The first kappa shape index (κ1) is 16.5. The Morgan fingerprint density at radius 3 is 2.79 bits per heavy atom. The van der Waals surface area contributed by atoms with Gasteiger partial charge in [0.2, 0.25) is 5.56 Å². The molecule has 6 nitrogen and oxygen atoms in total. The second kappa shape index (κ2) is 6.49. The van der Waals surface area contributed by atoms with E-state index in [0.717, 1.165) is 33.4 Å². The summed E-state index contributed by atoms with van der Waals surface area (Å²) in [7, 11) is 0. The molecule has 0 radical (unpaired) electrons. The third kappa shape index (κ3) is 2.70. The zero-order valence-corrected chi connectivity index (χ0v) is 15.0. The minimum absolute atomic E-state index is 0.119. The highest BCUT2D eigenvalue weighted by molar-refractivity contribution is 5.97. The molecular formula is C22H17N3O3. The number of benzene rings is 2. The number of nitrogens with zero attached hydrogens (tertiary/aromatic N) is 2. The lowest BCUT2D eigenvalue weighted by Crippen LogP contribution is -2.36. The monoisotopic (exact) mass is 371 g/mol. The van der Waals surface area contributed by atoms with Crippen molar-refractivity contribution in [3.8, 4) is 11.3 Å². The molecule has 1 aliphatic heterocycles. The van der Waals surface area contributed by atoms with E-state index in [4.69, 9.17) is 4.52 Å². The number of rotatable bonds is 2. The van der Waals surface area contributed by atoms with Crippen LogP contribution in [0.2, 0.25) is 0 Å². The Hall–Kier alpha value is -3.67. The molecule has 1 N–H and O–H groups in total. The molecule has 1 aliphatic rings. The third-order valence-electron chi connectivity index (χ3n) is 5.19. The van der Waals surface area contributed by atoms with Gasteiger partial charge in [0.05, 0.1) is 12.1 Å². The summed E-state index contributed by atoms with van der Waals surface area (Å²) in [5, 5.41) is 6.57. The van der Waals surface area contributed by atoms with Crippen LogP contribution in [-0.2, 0) is 13.0 Å². The molecule has 5 rings (SSSR count). The molecule has 0 unspecified atom stereocenters. The zero-order valence-electron chi connectivity index (χ0n) is 15.0. The van der Waals surface area contributed by atoms with E-state index >= 15 is 0 Å². The molecule has 0 spiro atoms. The molecule has 0 saturated heterocycles. The average molecular weight is 371 g/mol. The minimum atomic E-state index is -0.227. The number of nitrogens with one attached hydrogen (secondary N) is 1. The highest BCUT2D eigenvalue weighted by Gasteiger charge is 2.28. The molecule has 138 valence electrons. The summed E-state index contributed by atoms with van der Waals surface area (Å²) in [6, 6.07) is 17.2. The Balaban J connectivity index is 1.53. The van der Waals surface area contributed by atoms with Gasteiger partial charge in [0.15, 0.2) is 0 Å². The first-order valence-corrected chi connectivity index (χ1v) is 9.14. The molecule has 0 saturated carbocycles. The lowest BCUT2D eigenvalue weighted by Gasteiger charge is -2.26. The van der Waals surface area contributed by atoms with Gasteiger partial charge in [0.25, 0.3) is 5.91 Å². The van der Waals surface area contributed by atoms with Gasteiger partial charge in [-0.05, 0) is 16.8 Å². The minimum Gasteiger partial charge on any atom is -0.360 e. The van der Waals surface area contributed by atoms with E-state index in [1.165, 1.54) is 12.3 Å². The van der Waals surface area contributed by atoms with E-state index in [9.17, 15) is 9.59 Å². The Morgan fingerprint density at radius 2 is 1.93 bits per heavy atom. The van der Waals surface area contributed by atoms with Gasteiger partial charge in [-0.1, -0.05) is 47.6 Å². The number of aromatic amines is 1. The van der Waals surface area contributed by atoms with Gasteiger partial charge in [-0.2, -0.15) is 0 Å². The van der Waals surface area contributed by atoms with Crippen LogP contribution in [-0.4, -0.2) is 27.5 Å². The zero-order chi connectivity index (χ0) is 19.1. The van der Waals surface area contributed by atoms with Crippen molar-refractivity contribution in [1.29, 1.82) is 0 Å². The normalized spacial score (nSPS) is 13.5. The van der Waals surface area contributed by atoms with Crippen LogP contribution in [0.4, 0.5) is 0 Å². The predicted octanol–water partition coefficient (Wildman–Crippen LogP) is 3.38. The van der Waals surface area contributed by atoms with E-state index in [1.807, 2.05) is 24.3 Å². The van der Waals surface area contributed by atoms with Crippen molar-refractivity contribution in [2.75, 3.05) is 6.54 Å². The van der Waals surface area contributed by atoms with Crippen molar-refractivity contribution in [3.63, 3.8) is 0 Å². The third-order valence-corrected chi connectivity index (χ3v) is 5.19. The fourth-order valence-electron chi connectivity index (χ4n) is 3.75. The van der Waals surface area contributed by atoms with Crippen molar-refractivity contribution >= 4 is 16.7 Å². The number of pyridine rings is 1. The summed E-state index contributed by atoms with van der Waals surface area (Å²) < 4.78 is 5.60. The molecule has 4 aromatic rings. The maximum atomic E-state index is 12.9. The van der Waals surface area contributed by atoms with Crippen LogP contribution in [0.15, 0.2) is 70.1 Å². The number of carbonyl (C=O) groups excluding carboxylic acids is 1. The molecule has 0 aliphatic carbocycles. The fourth-order valence-corrected chi connectivity index (χ4v) is 3.75. The van der Waals surface area contributed by atoms with Crippen LogP contribution in [0, 0.1) is 0 Å². The summed E-state index contributed by atoms with van der Waals surface area (Å²) in [6.45, 7) is 0.977. The molecule has 1 amide bonds. The highest BCUT2D eigenvalue weighted by Crippen LogP contribution is 2.34. The molecule has 3 heterocycles. The van der Waals surface area contributed by atoms with Gasteiger partial charge in [0, 0.05) is 36.4 Å². The Bertz CT molecular complexity index is 1230. The van der Waals surface area contributed by atoms with Crippen LogP contribution >= 0.6 is 0 Å². The SMILES string of the molecule is O=C(c1ccc(=O)[nH]c1)N1CCc2onc(-c3cccc4ccccc34)c2C1. The average Bonchev–Trinajstić information content (AvgIpc) is 3.16. The maximum absolute atomic E-state index is 12.9. The lowest BCUT2D eigenvalue weighted by molar-refractivity contribution is 0.0728. The number of hydrogen-bond donors (Lipinski definition) is 1. The molecule has 28 heavy (non-hydrogen) atoms. The Labute approximate surface area is 160 Å². The van der Waals surface area contributed by atoms with Crippen molar-refractivity contribution in [1.82, 2.24) is 15.0 Å². The summed E-state index contributed by atoms with van der Waals surface area (Å²) in [6.07, 6.45) is 2.07. The Kier molecular flexibility index (Phi) is 3.83. The van der Waals surface area contributed by atoms with Gasteiger partial charge in [-0.25, -0.2) is 0 Å². The van der Waals surface area contributed by atoms with Crippen LogP contribution in [0.1, 0.15) is 21.7 Å². The van der Waals surface area contributed by atoms with Crippen molar-refractivity contribution < 1.29 is 9.32 Å². The van der Waals surface area contributed by atoms with Gasteiger partial charge >= 0.3 is 0 Å². The summed E-state index contributed by atoms with van der Waals surface area (Å²) in [5.74, 6) is 0.709. The second-order valence-electron chi connectivity index (χ2n) is 6.88. The first-order valence-electron chi connectivity index (χ1n) is 9.14. The number of aromatic nitrogens is 2. The van der Waals surface area contributed by atoms with Crippen LogP contribution < -0.4 is 5.56 Å². The van der Waals surface area contributed by atoms with E-state index in [1.54, 1.807) is 11.0 Å². The van der Waals surface area contributed by atoms with Crippen LogP contribution in [0.25, 0.3) is 22.0 Å². The van der Waals surface area contributed by atoms with E-state index < -0.39 is 0 Å². The lowest BCUT2D eigenvalue weighted by atomic mass is 9.97. The standard InChI is InChI=1S/C22H17N3O3/c26-20-9-8-15(12-23-20)22(27)25-11-10-19-18(13-25)21(24-28-19)17-7-3-5-14-4-1-2-6-16(14)17/h1-9,12H,10-11,13H2,(H,23,26). The van der Waals surface area contributed by atoms with Crippen molar-refractivity contribution in [3.05, 3.63) is 88.0 Å². The number of hydrogen-bond acceptors (Lipinski definition) is 4. The van der Waals surface area contributed by atoms with E-state index in [-0.39, 0.29) is 11.5 Å². The predicted molar refractivity (Wildman–Crippen MR) is 105 cm³/mol. The maximum Gasteiger partial charge on any atom is 0.255 e. The first-order chi connectivity index (χ1) is 13.7. The van der Waals surface area contributed by atoms with Crippen LogP contribution in [0.3, 0.4) is 0 Å². The van der Waals surface area contributed by atoms with Gasteiger partial charge in [-0.15, -0.1) is 0 Å². The summed E-state index contributed by atoms with van der Waals surface area (Å²) >= 11 is 0. The second-order valence-corrected chi connectivity index (χ2v) is 6.88. The summed E-state index contributed by atoms with van der Waals surface area (Å²) in [5.41, 5.74) is 2.97. The molecular weight excluding hydrogens is 354 g/mol. The van der Waals surface area contributed by atoms with Crippen molar-refractivity contribution in [2.24, 2.45) is 0 Å². The van der Waals surface area contributed by atoms with E-state index in [2.05, 4.69) is 28.3 Å². The fraction of sp³-hybridized carbons (Fsp3) is 0.136. The smallest absolute Gasteiger partial charge is 0.255 e. The summed E-state index contributed by atoms with van der Waals surface area (Å²) in [4.78, 5) is 28.4. The molecule has 2 aromatic carbocycles. The van der Waals surface area contributed by atoms with Gasteiger partial charge in [0.1, 0.15) is 11.5 Å². The van der Waals surface area contributed by atoms with Crippen molar-refractivity contribution in [2.45, 2.75) is 13.0 Å².